The number of hydrogen-bond donors (Lipinski definition) is 1. The quantitative estimate of drug-likeness (QED) is 0.548. The molecule has 1 saturated heterocycles. The molecule has 16 heavy (non-hydrogen) atoms. The van der Waals surface area contributed by atoms with Crippen LogP contribution in [0, 0.1) is 0 Å². The number of carbonyl (C=O) groups is 2. The van der Waals surface area contributed by atoms with Crippen molar-refractivity contribution in [3.8, 4) is 0 Å². The van der Waals surface area contributed by atoms with E-state index < -0.39 is 0 Å². The Labute approximate surface area is 98.0 Å². The van der Waals surface area contributed by atoms with Crippen LogP contribution < -0.4 is 5.73 Å². The van der Waals surface area contributed by atoms with Crippen molar-refractivity contribution >= 4 is 23.6 Å². The van der Waals surface area contributed by atoms with Gasteiger partial charge in [0.2, 0.25) is 5.91 Å². The van der Waals surface area contributed by atoms with Crippen LogP contribution in [0.1, 0.15) is 13.8 Å². The molecule has 0 aliphatic carbocycles. The first kappa shape index (κ1) is 11.5. The zero-order chi connectivity index (χ0) is 11.9. The van der Waals surface area contributed by atoms with Crippen molar-refractivity contribution < 1.29 is 14.3 Å². The maximum atomic E-state index is 11.5. The van der Waals surface area contributed by atoms with Gasteiger partial charge in [0.05, 0.1) is 0 Å². The number of fused-ring (bicyclic) bond motifs is 1. The van der Waals surface area contributed by atoms with Crippen molar-refractivity contribution in [1.82, 2.24) is 4.90 Å². The molecule has 1 fully saturated rings. The van der Waals surface area contributed by atoms with Crippen LogP contribution in [0.5, 0.6) is 0 Å². The molecule has 0 aromatic heterocycles. The van der Waals surface area contributed by atoms with E-state index in [2.05, 4.69) is 0 Å². The highest BCUT2D eigenvalue weighted by Gasteiger charge is 2.48. The number of allylic oxidation sites excluding steroid dienone is 1. The number of ether oxygens (including phenoxy) is 1. The van der Waals surface area contributed by atoms with Crippen LogP contribution in [0.2, 0.25) is 0 Å². The summed E-state index contributed by atoms with van der Waals surface area (Å²) in [5, 5.41) is 0.0635. The topological polar surface area (TPSA) is 72.6 Å². The average Bonchev–Trinajstić information content (AvgIpc) is 2.25. The number of thioether (sulfide) groups is 1. The lowest BCUT2D eigenvalue weighted by molar-refractivity contribution is -0.141. The molecule has 5 nitrogen and oxygen atoms in total. The molecule has 88 valence electrons. The number of β-lactam (4-membered cyclic amide) rings is 1. The third-order valence-corrected chi connectivity index (χ3v) is 4.20. The van der Waals surface area contributed by atoms with Gasteiger partial charge in [-0.05, 0) is 12.5 Å². The van der Waals surface area contributed by atoms with Gasteiger partial charge in [-0.1, -0.05) is 0 Å². The lowest BCUT2D eigenvalue weighted by Gasteiger charge is -2.48. The summed E-state index contributed by atoms with van der Waals surface area (Å²) in [7, 11) is 0. The van der Waals surface area contributed by atoms with E-state index in [0.717, 1.165) is 17.0 Å². The first-order valence-electron chi connectivity index (χ1n) is 5.04. The fraction of sp³-hybridized carbons (Fsp3) is 0.600. The maximum absolute atomic E-state index is 11.5. The van der Waals surface area contributed by atoms with Crippen LogP contribution in [0.3, 0.4) is 0 Å². The van der Waals surface area contributed by atoms with Crippen LogP contribution >= 0.6 is 11.8 Å². The molecule has 2 rings (SSSR count). The van der Waals surface area contributed by atoms with Gasteiger partial charge in [0, 0.05) is 18.4 Å². The monoisotopic (exact) mass is 242 g/mol. The summed E-state index contributed by atoms with van der Waals surface area (Å²) in [6, 6.07) is -0.379. The Kier molecular flexibility index (Phi) is 2.94. The van der Waals surface area contributed by atoms with Crippen molar-refractivity contribution in [2.45, 2.75) is 25.3 Å². The Morgan fingerprint density at radius 2 is 2.38 bits per heavy atom. The Morgan fingerprint density at radius 1 is 1.69 bits per heavy atom. The highest BCUT2D eigenvalue weighted by Crippen LogP contribution is 2.38. The van der Waals surface area contributed by atoms with Gasteiger partial charge in [0.25, 0.3) is 0 Å². The van der Waals surface area contributed by atoms with E-state index in [0.29, 0.717) is 0 Å². The molecule has 6 heteroatoms. The molecule has 2 aliphatic heterocycles. The summed E-state index contributed by atoms with van der Waals surface area (Å²) in [4.78, 5) is 23.9. The predicted molar refractivity (Wildman–Crippen MR) is 60.4 cm³/mol. The minimum Gasteiger partial charge on any atom is -0.461 e. The summed E-state index contributed by atoms with van der Waals surface area (Å²) >= 11 is 1.62. The third-order valence-electron chi connectivity index (χ3n) is 2.84. The second kappa shape index (κ2) is 4.10. The van der Waals surface area contributed by atoms with Crippen molar-refractivity contribution in [3.05, 3.63) is 11.3 Å². The summed E-state index contributed by atoms with van der Waals surface area (Å²) in [5.74, 6) is 0.412. The van der Waals surface area contributed by atoms with E-state index in [1.807, 2.05) is 6.92 Å². The molecule has 0 bridgehead atoms. The number of hydrogen-bond acceptors (Lipinski definition) is 5. The van der Waals surface area contributed by atoms with E-state index in [1.54, 1.807) is 16.7 Å². The summed E-state index contributed by atoms with van der Waals surface area (Å²) in [6.45, 7) is 3.51. The molecular weight excluding hydrogens is 228 g/mol. The summed E-state index contributed by atoms with van der Waals surface area (Å²) < 4.78 is 4.94. The minimum absolute atomic E-state index is 0.0463. The molecule has 0 unspecified atom stereocenters. The fourth-order valence-electron chi connectivity index (χ4n) is 1.82. The largest absolute Gasteiger partial charge is 0.461 e. The molecule has 2 N–H and O–H groups in total. The van der Waals surface area contributed by atoms with Crippen LogP contribution in [0.4, 0.5) is 0 Å². The van der Waals surface area contributed by atoms with Gasteiger partial charge in [-0.15, -0.1) is 11.8 Å². The molecule has 0 radical (unpaired) electrons. The number of esters is 1. The minimum atomic E-state index is -0.379. The summed E-state index contributed by atoms with van der Waals surface area (Å²) in [5.41, 5.74) is 7.56. The van der Waals surface area contributed by atoms with Crippen LogP contribution in [-0.2, 0) is 14.3 Å². The summed E-state index contributed by atoms with van der Waals surface area (Å²) in [6.07, 6.45) is 0. The SMILES string of the molecule is CC(=O)OCC1=C(C)N2C(=O)[C@@H](N)[C@H]2SC1. The van der Waals surface area contributed by atoms with E-state index >= 15 is 0 Å². The number of nitrogens with zero attached hydrogens (tertiary/aromatic N) is 1. The molecule has 0 aromatic rings. The molecule has 2 heterocycles. The van der Waals surface area contributed by atoms with Crippen molar-refractivity contribution in [1.29, 1.82) is 0 Å². The Balaban J connectivity index is 2.09. The predicted octanol–water partition coefficient (Wildman–Crippen LogP) is 0.0659. The molecular formula is C10H14N2O3S. The zero-order valence-corrected chi connectivity index (χ0v) is 10.0. The standard InChI is InChI=1S/C10H14N2O3S/c1-5-7(3-15-6(2)13)4-16-10-8(11)9(14)12(5)10/h8,10H,3-4,11H2,1-2H3/t8-,10-/m1/s1. The number of amides is 1. The third kappa shape index (κ3) is 1.72. The molecule has 2 atom stereocenters. The van der Waals surface area contributed by atoms with E-state index in [9.17, 15) is 9.59 Å². The van der Waals surface area contributed by atoms with E-state index in [-0.39, 0.29) is 29.9 Å². The van der Waals surface area contributed by atoms with E-state index in [4.69, 9.17) is 10.5 Å². The molecule has 2 aliphatic rings. The van der Waals surface area contributed by atoms with Gasteiger partial charge in [-0.25, -0.2) is 0 Å². The van der Waals surface area contributed by atoms with E-state index in [1.165, 1.54) is 6.92 Å². The highest BCUT2D eigenvalue weighted by molar-refractivity contribution is 8.00. The Bertz CT molecular complexity index is 380. The number of nitrogens with two attached hydrogens (primary N) is 1. The molecule has 1 amide bonds. The first-order chi connectivity index (χ1) is 7.52. The normalized spacial score (nSPS) is 28.7. The van der Waals surface area contributed by atoms with Gasteiger partial charge in [-0.2, -0.15) is 0 Å². The maximum Gasteiger partial charge on any atom is 0.302 e. The van der Waals surface area contributed by atoms with Crippen LogP contribution in [0.15, 0.2) is 11.3 Å². The van der Waals surface area contributed by atoms with Gasteiger partial charge in [0.1, 0.15) is 18.0 Å². The van der Waals surface area contributed by atoms with Gasteiger partial charge in [0.15, 0.2) is 0 Å². The highest BCUT2D eigenvalue weighted by atomic mass is 32.2. The average molecular weight is 242 g/mol. The molecule has 0 spiro atoms. The Morgan fingerprint density at radius 3 is 3.00 bits per heavy atom. The van der Waals surface area contributed by atoms with Crippen molar-refractivity contribution in [2.24, 2.45) is 5.73 Å². The van der Waals surface area contributed by atoms with Gasteiger partial charge >= 0.3 is 5.97 Å². The zero-order valence-electron chi connectivity index (χ0n) is 9.23. The lowest BCUT2D eigenvalue weighted by atomic mass is 10.1. The lowest BCUT2D eigenvalue weighted by Crippen LogP contribution is -2.67. The molecule has 0 aromatic carbocycles. The van der Waals surface area contributed by atoms with Crippen molar-refractivity contribution in [2.75, 3.05) is 12.4 Å². The second-order valence-corrected chi connectivity index (χ2v) is 5.01. The number of carbonyl (C=O) groups excluding carboxylic acids is 2. The van der Waals surface area contributed by atoms with Gasteiger partial charge < -0.3 is 15.4 Å². The molecule has 0 saturated carbocycles. The number of rotatable bonds is 2. The van der Waals surface area contributed by atoms with Gasteiger partial charge in [-0.3, -0.25) is 9.59 Å². The first-order valence-corrected chi connectivity index (χ1v) is 6.09. The smallest absolute Gasteiger partial charge is 0.302 e. The van der Waals surface area contributed by atoms with Crippen LogP contribution in [-0.4, -0.2) is 40.6 Å². The van der Waals surface area contributed by atoms with Crippen molar-refractivity contribution in [3.63, 3.8) is 0 Å². The fourth-order valence-corrected chi connectivity index (χ4v) is 3.22. The second-order valence-electron chi connectivity index (χ2n) is 3.90. The Hall–Kier alpha value is -1.01. The van der Waals surface area contributed by atoms with Crippen LogP contribution in [0.25, 0.3) is 0 Å².